The molecule has 2 heterocycles. The Kier molecular flexibility index (Phi) is 3.64. The second-order valence-corrected chi connectivity index (χ2v) is 6.90. The summed E-state index contributed by atoms with van der Waals surface area (Å²) in [4.78, 5) is 26.3. The number of ether oxygens (including phenoxy) is 2. The van der Waals surface area contributed by atoms with Gasteiger partial charge >= 0.3 is 12.0 Å². The molecule has 0 radical (unpaired) electrons. The maximum Gasteiger partial charge on any atom is 0.337 e. The van der Waals surface area contributed by atoms with Crippen LogP contribution in [0.1, 0.15) is 40.9 Å². The van der Waals surface area contributed by atoms with Crippen LogP contribution in [0, 0.1) is 6.92 Å². The molecule has 2 aliphatic heterocycles. The van der Waals surface area contributed by atoms with E-state index in [1.165, 1.54) is 7.11 Å². The molecule has 0 spiro atoms. The molecule has 0 aromatic heterocycles. The van der Waals surface area contributed by atoms with Crippen molar-refractivity contribution in [1.82, 2.24) is 5.32 Å². The summed E-state index contributed by atoms with van der Waals surface area (Å²) in [6.45, 7) is 3.92. The standard InChI is InChI=1S/C20H20N2O4/c1-12-4-7-14(8-5-12)22-19(24)21-16-11-20(22,2)26-17-9-6-13(10-15(16)17)18(23)25-3/h4-10,16H,11H2,1-3H3,(H,21,24). The zero-order chi connectivity index (χ0) is 18.5. The third-order valence-corrected chi connectivity index (χ3v) is 4.98. The number of anilines is 1. The van der Waals surface area contributed by atoms with Crippen molar-refractivity contribution in [3.8, 4) is 5.75 Å². The molecule has 2 aromatic rings. The fourth-order valence-electron chi connectivity index (χ4n) is 3.70. The molecule has 134 valence electrons. The number of carbonyl (C=O) groups is 2. The zero-order valence-electron chi connectivity index (χ0n) is 14.9. The number of nitrogens with one attached hydrogen (secondary N) is 1. The van der Waals surface area contributed by atoms with Gasteiger partial charge in [-0.05, 0) is 44.2 Å². The molecule has 1 saturated heterocycles. The van der Waals surface area contributed by atoms with Crippen LogP contribution >= 0.6 is 0 Å². The van der Waals surface area contributed by atoms with Crippen LogP contribution in [-0.2, 0) is 4.74 Å². The summed E-state index contributed by atoms with van der Waals surface area (Å²) in [7, 11) is 1.34. The van der Waals surface area contributed by atoms with Crippen molar-refractivity contribution in [2.75, 3.05) is 12.0 Å². The quantitative estimate of drug-likeness (QED) is 0.840. The zero-order valence-corrected chi connectivity index (χ0v) is 14.9. The van der Waals surface area contributed by atoms with Crippen molar-refractivity contribution >= 4 is 17.7 Å². The maximum atomic E-state index is 12.8. The number of carbonyl (C=O) groups excluding carboxylic acids is 2. The highest BCUT2D eigenvalue weighted by atomic mass is 16.5. The fourth-order valence-corrected chi connectivity index (χ4v) is 3.70. The molecule has 0 aliphatic carbocycles. The molecule has 2 aromatic carbocycles. The first-order chi connectivity index (χ1) is 12.4. The number of rotatable bonds is 2. The van der Waals surface area contributed by atoms with E-state index in [2.05, 4.69) is 5.32 Å². The number of amides is 2. The summed E-state index contributed by atoms with van der Waals surface area (Å²) in [5, 5.41) is 3.03. The molecule has 0 saturated carbocycles. The molecule has 1 N–H and O–H groups in total. The summed E-state index contributed by atoms with van der Waals surface area (Å²) in [5.41, 5.74) is 2.33. The van der Waals surface area contributed by atoms with E-state index in [4.69, 9.17) is 9.47 Å². The number of fused-ring (bicyclic) bond motifs is 4. The Balaban J connectivity index is 1.75. The highest BCUT2D eigenvalue weighted by Gasteiger charge is 2.49. The number of urea groups is 1. The van der Waals surface area contributed by atoms with Gasteiger partial charge in [0.1, 0.15) is 5.75 Å². The largest absolute Gasteiger partial charge is 0.467 e. The molecule has 6 heteroatoms. The lowest BCUT2D eigenvalue weighted by Crippen LogP contribution is -2.65. The Labute approximate surface area is 151 Å². The van der Waals surface area contributed by atoms with Gasteiger partial charge in [-0.25, -0.2) is 9.59 Å². The molecule has 6 nitrogen and oxygen atoms in total. The molecule has 2 aliphatic rings. The average molecular weight is 352 g/mol. The Morgan fingerprint density at radius 1 is 1.27 bits per heavy atom. The number of esters is 1. The van der Waals surface area contributed by atoms with E-state index in [0.717, 1.165) is 16.8 Å². The van der Waals surface area contributed by atoms with Gasteiger partial charge in [0.2, 0.25) is 0 Å². The van der Waals surface area contributed by atoms with Crippen LogP contribution in [0.25, 0.3) is 0 Å². The van der Waals surface area contributed by atoms with Crippen molar-refractivity contribution in [2.24, 2.45) is 0 Å². The minimum Gasteiger partial charge on any atom is -0.467 e. The lowest BCUT2D eigenvalue weighted by Gasteiger charge is -2.50. The van der Waals surface area contributed by atoms with Gasteiger partial charge in [-0.15, -0.1) is 0 Å². The van der Waals surface area contributed by atoms with Gasteiger partial charge in [-0.1, -0.05) is 17.7 Å². The smallest absolute Gasteiger partial charge is 0.337 e. The van der Waals surface area contributed by atoms with Crippen molar-refractivity contribution < 1.29 is 19.1 Å². The topological polar surface area (TPSA) is 67.9 Å². The first-order valence-corrected chi connectivity index (χ1v) is 8.50. The van der Waals surface area contributed by atoms with E-state index in [1.54, 1.807) is 23.1 Å². The van der Waals surface area contributed by atoms with Crippen molar-refractivity contribution in [3.05, 3.63) is 59.2 Å². The number of hydrogen-bond donors (Lipinski definition) is 1. The van der Waals surface area contributed by atoms with Gasteiger partial charge in [0, 0.05) is 17.7 Å². The normalized spacial score (nSPS) is 23.6. The van der Waals surface area contributed by atoms with E-state index >= 15 is 0 Å². The summed E-state index contributed by atoms with van der Waals surface area (Å²) in [6, 6.07) is 12.5. The molecule has 2 amide bonds. The highest BCUT2D eigenvalue weighted by molar-refractivity contribution is 5.95. The highest BCUT2D eigenvalue weighted by Crippen LogP contribution is 2.45. The van der Waals surface area contributed by atoms with Crippen LogP contribution in [0.2, 0.25) is 0 Å². The predicted octanol–water partition coefficient (Wildman–Crippen LogP) is 3.55. The van der Waals surface area contributed by atoms with Gasteiger partial charge in [-0.3, -0.25) is 4.90 Å². The van der Waals surface area contributed by atoms with Crippen molar-refractivity contribution in [1.29, 1.82) is 0 Å². The van der Waals surface area contributed by atoms with Crippen molar-refractivity contribution in [2.45, 2.75) is 32.0 Å². The number of nitrogens with zero attached hydrogens (tertiary/aromatic N) is 1. The van der Waals surface area contributed by atoms with Crippen LogP contribution in [0.3, 0.4) is 0 Å². The lowest BCUT2D eigenvalue weighted by molar-refractivity contribution is 0.0377. The Bertz CT molecular complexity index is 893. The van der Waals surface area contributed by atoms with Gasteiger partial charge in [0.05, 0.1) is 18.7 Å². The molecular weight excluding hydrogens is 332 g/mol. The van der Waals surface area contributed by atoms with E-state index in [0.29, 0.717) is 17.7 Å². The summed E-state index contributed by atoms with van der Waals surface area (Å²) in [6.07, 6.45) is 0.574. The number of aryl methyl sites for hydroxylation is 1. The Morgan fingerprint density at radius 3 is 2.69 bits per heavy atom. The second-order valence-electron chi connectivity index (χ2n) is 6.90. The first kappa shape index (κ1) is 16.4. The van der Waals surface area contributed by atoms with E-state index in [1.807, 2.05) is 38.1 Å². The molecule has 2 atom stereocenters. The molecule has 2 bridgehead atoms. The summed E-state index contributed by atoms with van der Waals surface area (Å²) in [5.74, 6) is 0.248. The summed E-state index contributed by atoms with van der Waals surface area (Å²) < 4.78 is 11.0. The summed E-state index contributed by atoms with van der Waals surface area (Å²) >= 11 is 0. The van der Waals surface area contributed by atoms with E-state index in [9.17, 15) is 9.59 Å². The van der Waals surface area contributed by atoms with Gasteiger partial charge in [0.25, 0.3) is 0 Å². The fraction of sp³-hybridized carbons (Fsp3) is 0.300. The number of benzene rings is 2. The van der Waals surface area contributed by atoms with Gasteiger partial charge in [0.15, 0.2) is 5.72 Å². The second kappa shape index (κ2) is 5.76. The molecule has 4 rings (SSSR count). The SMILES string of the molecule is COC(=O)c1ccc2c(c1)C1CC(C)(O2)N(c2ccc(C)cc2)C(=O)N1. The van der Waals surface area contributed by atoms with Crippen LogP contribution in [-0.4, -0.2) is 24.8 Å². The lowest BCUT2D eigenvalue weighted by atomic mass is 9.89. The molecule has 2 unspecified atom stereocenters. The maximum absolute atomic E-state index is 12.8. The monoisotopic (exact) mass is 352 g/mol. The van der Waals surface area contributed by atoms with Crippen LogP contribution in [0.5, 0.6) is 5.75 Å². The van der Waals surface area contributed by atoms with Gasteiger partial charge < -0.3 is 14.8 Å². The minimum absolute atomic E-state index is 0.220. The molecule has 26 heavy (non-hydrogen) atoms. The predicted molar refractivity (Wildman–Crippen MR) is 96.4 cm³/mol. The van der Waals surface area contributed by atoms with E-state index < -0.39 is 11.7 Å². The number of hydrogen-bond acceptors (Lipinski definition) is 4. The molecular formula is C20H20N2O4. The van der Waals surface area contributed by atoms with E-state index in [-0.39, 0.29) is 12.1 Å². The average Bonchev–Trinajstić information content (AvgIpc) is 2.61. The van der Waals surface area contributed by atoms with Gasteiger partial charge in [-0.2, -0.15) is 0 Å². The van der Waals surface area contributed by atoms with Crippen LogP contribution in [0.15, 0.2) is 42.5 Å². The van der Waals surface area contributed by atoms with Crippen molar-refractivity contribution in [3.63, 3.8) is 0 Å². The third kappa shape index (κ3) is 2.49. The Hall–Kier alpha value is -3.02. The third-order valence-electron chi connectivity index (χ3n) is 4.98. The first-order valence-electron chi connectivity index (χ1n) is 8.50. The minimum atomic E-state index is -0.804. The van der Waals surface area contributed by atoms with Crippen LogP contribution < -0.4 is 15.0 Å². The van der Waals surface area contributed by atoms with Crippen LogP contribution in [0.4, 0.5) is 10.5 Å². The number of methoxy groups -OCH3 is 1. The molecule has 1 fully saturated rings. The Morgan fingerprint density at radius 2 is 2.00 bits per heavy atom.